The Balaban J connectivity index is 3.55. The molecule has 0 radical (unpaired) electrons. The van der Waals surface area contributed by atoms with E-state index in [1.807, 2.05) is 6.92 Å². The van der Waals surface area contributed by atoms with E-state index in [0.29, 0.717) is 19.5 Å². The Kier molecular flexibility index (Phi) is 8.90. The Hall–Kier alpha value is -0.120. The number of hydrogen-bond acceptors (Lipinski definition) is 3. The smallest absolute Gasteiger partial charge is 0.0780 e. The van der Waals surface area contributed by atoms with E-state index in [1.165, 1.54) is 19.3 Å². The topological polar surface area (TPSA) is 58.3 Å². The third kappa shape index (κ3) is 7.20. The van der Waals surface area contributed by atoms with Crippen LogP contribution in [0.2, 0.25) is 0 Å². The predicted octanol–water partition coefficient (Wildman–Crippen LogP) is 1.89. The van der Waals surface area contributed by atoms with Crippen LogP contribution < -0.4 is 11.1 Å². The third-order valence-electron chi connectivity index (χ3n) is 3.47. The zero-order chi connectivity index (χ0) is 12.4. The van der Waals surface area contributed by atoms with Gasteiger partial charge in [0.25, 0.3) is 0 Å². The van der Waals surface area contributed by atoms with E-state index in [0.717, 1.165) is 18.9 Å². The van der Waals surface area contributed by atoms with E-state index >= 15 is 0 Å². The quantitative estimate of drug-likeness (QED) is 0.502. The zero-order valence-electron chi connectivity index (χ0n) is 11.3. The molecule has 0 heterocycles. The average Bonchev–Trinajstić information content (AvgIpc) is 2.28. The van der Waals surface area contributed by atoms with Crippen LogP contribution in [0.5, 0.6) is 0 Å². The fourth-order valence-corrected chi connectivity index (χ4v) is 1.76. The summed E-state index contributed by atoms with van der Waals surface area (Å²) < 4.78 is 0. The van der Waals surface area contributed by atoms with Crippen molar-refractivity contribution in [3.8, 4) is 0 Å². The fourth-order valence-electron chi connectivity index (χ4n) is 1.76. The summed E-state index contributed by atoms with van der Waals surface area (Å²) in [5.74, 6) is 0.816. The van der Waals surface area contributed by atoms with Crippen molar-refractivity contribution >= 4 is 0 Å². The maximum Gasteiger partial charge on any atom is 0.0780 e. The van der Waals surface area contributed by atoms with Gasteiger partial charge in [0, 0.05) is 6.54 Å². The maximum atomic E-state index is 10.1. The minimum absolute atomic E-state index is 0.554. The van der Waals surface area contributed by atoms with Crippen molar-refractivity contribution in [3.63, 3.8) is 0 Å². The largest absolute Gasteiger partial charge is 0.389 e. The van der Waals surface area contributed by atoms with Crippen LogP contribution in [0.1, 0.15) is 52.9 Å². The number of rotatable bonds is 10. The number of nitrogens with two attached hydrogens (primary N) is 1. The molecule has 0 aromatic rings. The molecule has 2 unspecified atom stereocenters. The Labute approximate surface area is 101 Å². The first-order chi connectivity index (χ1) is 7.58. The minimum Gasteiger partial charge on any atom is -0.389 e. The van der Waals surface area contributed by atoms with Gasteiger partial charge in [-0.2, -0.15) is 0 Å². The van der Waals surface area contributed by atoms with Crippen LogP contribution in [-0.4, -0.2) is 30.3 Å². The molecule has 0 fully saturated rings. The lowest BCUT2D eigenvalue weighted by Crippen LogP contribution is -2.42. The van der Waals surface area contributed by atoms with Gasteiger partial charge in [-0.25, -0.2) is 0 Å². The maximum absolute atomic E-state index is 10.1. The first-order valence-corrected chi connectivity index (χ1v) is 6.71. The lowest BCUT2D eigenvalue weighted by Gasteiger charge is -2.26. The van der Waals surface area contributed by atoms with Crippen molar-refractivity contribution in [2.45, 2.75) is 58.5 Å². The zero-order valence-corrected chi connectivity index (χ0v) is 11.3. The first kappa shape index (κ1) is 15.9. The van der Waals surface area contributed by atoms with Crippen molar-refractivity contribution < 1.29 is 5.11 Å². The highest BCUT2D eigenvalue weighted by Gasteiger charge is 2.22. The van der Waals surface area contributed by atoms with Crippen molar-refractivity contribution in [1.29, 1.82) is 0 Å². The lowest BCUT2D eigenvalue weighted by molar-refractivity contribution is 0.0303. The van der Waals surface area contributed by atoms with Gasteiger partial charge in [0.15, 0.2) is 0 Å². The second-order valence-corrected chi connectivity index (χ2v) is 4.95. The van der Waals surface area contributed by atoms with E-state index in [-0.39, 0.29) is 0 Å². The molecule has 0 aliphatic carbocycles. The Bertz CT molecular complexity index is 164. The summed E-state index contributed by atoms with van der Waals surface area (Å²) >= 11 is 0. The summed E-state index contributed by atoms with van der Waals surface area (Å²) in [5.41, 5.74) is 4.88. The molecular weight excluding hydrogens is 200 g/mol. The first-order valence-electron chi connectivity index (χ1n) is 6.71. The molecule has 0 aliphatic heterocycles. The van der Waals surface area contributed by atoms with Gasteiger partial charge in [-0.1, -0.05) is 27.2 Å². The molecule has 2 atom stereocenters. The van der Waals surface area contributed by atoms with Crippen molar-refractivity contribution in [2.24, 2.45) is 11.7 Å². The van der Waals surface area contributed by atoms with Gasteiger partial charge in [0.1, 0.15) is 0 Å². The molecule has 4 N–H and O–H groups in total. The SMILES string of the molecule is CCC(C)CCCNCC(O)(CC)CCN. The van der Waals surface area contributed by atoms with Gasteiger partial charge < -0.3 is 16.2 Å². The fraction of sp³-hybridized carbons (Fsp3) is 1.00. The second-order valence-electron chi connectivity index (χ2n) is 4.95. The predicted molar refractivity (Wildman–Crippen MR) is 70.5 cm³/mol. The molecule has 3 nitrogen and oxygen atoms in total. The third-order valence-corrected chi connectivity index (χ3v) is 3.47. The van der Waals surface area contributed by atoms with E-state index in [9.17, 15) is 5.11 Å². The van der Waals surface area contributed by atoms with Crippen molar-refractivity contribution in [1.82, 2.24) is 5.32 Å². The van der Waals surface area contributed by atoms with Crippen LogP contribution in [0.25, 0.3) is 0 Å². The number of nitrogens with one attached hydrogen (secondary N) is 1. The molecule has 0 bridgehead atoms. The monoisotopic (exact) mass is 230 g/mol. The Morgan fingerprint density at radius 1 is 1.38 bits per heavy atom. The number of hydrogen-bond donors (Lipinski definition) is 3. The van der Waals surface area contributed by atoms with Crippen LogP contribution in [0.15, 0.2) is 0 Å². The molecule has 16 heavy (non-hydrogen) atoms. The number of aliphatic hydroxyl groups is 1. The molecule has 0 aromatic carbocycles. The summed E-state index contributed by atoms with van der Waals surface area (Å²) in [6.45, 7) is 8.75. The van der Waals surface area contributed by atoms with Crippen LogP contribution in [0, 0.1) is 5.92 Å². The molecule has 0 aliphatic rings. The van der Waals surface area contributed by atoms with Gasteiger partial charge >= 0.3 is 0 Å². The molecule has 98 valence electrons. The molecule has 0 saturated carbocycles. The van der Waals surface area contributed by atoms with Crippen molar-refractivity contribution in [2.75, 3.05) is 19.6 Å². The van der Waals surface area contributed by atoms with Gasteiger partial charge in [0.2, 0.25) is 0 Å². The summed E-state index contributed by atoms with van der Waals surface area (Å²) in [6.07, 6.45) is 5.17. The highest BCUT2D eigenvalue weighted by molar-refractivity contribution is 4.79. The summed E-state index contributed by atoms with van der Waals surface area (Å²) in [7, 11) is 0. The summed E-state index contributed by atoms with van der Waals surface area (Å²) in [6, 6.07) is 0. The van der Waals surface area contributed by atoms with E-state index in [4.69, 9.17) is 5.73 Å². The Morgan fingerprint density at radius 2 is 2.06 bits per heavy atom. The van der Waals surface area contributed by atoms with Crippen LogP contribution in [0.3, 0.4) is 0 Å². The summed E-state index contributed by atoms with van der Waals surface area (Å²) in [5, 5.41) is 13.5. The minimum atomic E-state index is -0.606. The van der Waals surface area contributed by atoms with Gasteiger partial charge in [-0.15, -0.1) is 0 Å². The standard InChI is InChI=1S/C13H30N2O/c1-4-12(3)7-6-10-15-11-13(16,5-2)8-9-14/h12,15-16H,4-11,14H2,1-3H3. The van der Waals surface area contributed by atoms with Crippen molar-refractivity contribution in [3.05, 3.63) is 0 Å². The molecule has 0 saturated heterocycles. The van der Waals surface area contributed by atoms with E-state index in [2.05, 4.69) is 19.2 Å². The van der Waals surface area contributed by atoms with Gasteiger partial charge in [0.05, 0.1) is 5.60 Å². The lowest BCUT2D eigenvalue weighted by atomic mass is 9.96. The highest BCUT2D eigenvalue weighted by atomic mass is 16.3. The molecule has 0 spiro atoms. The van der Waals surface area contributed by atoms with Crippen LogP contribution in [-0.2, 0) is 0 Å². The normalized spacial score (nSPS) is 17.1. The van der Waals surface area contributed by atoms with E-state index in [1.54, 1.807) is 0 Å². The molecule has 0 aromatic heterocycles. The van der Waals surface area contributed by atoms with E-state index < -0.39 is 5.60 Å². The molecular formula is C13H30N2O. The molecule has 3 heteroatoms. The summed E-state index contributed by atoms with van der Waals surface area (Å²) in [4.78, 5) is 0. The van der Waals surface area contributed by atoms with Crippen LogP contribution >= 0.6 is 0 Å². The van der Waals surface area contributed by atoms with Gasteiger partial charge in [-0.05, 0) is 44.7 Å². The average molecular weight is 230 g/mol. The van der Waals surface area contributed by atoms with Crippen LogP contribution in [0.4, 0.5) is 0 Å². The molecule has 0 rings (SSSR count). The second kappa shape index (κ2) is 8.97. The molecule has 0 amide bonds. The van der Waals surface area contributed by atoms with Gasteiger partial charge in [-0.3, -0.25) is 0 Å². The Morgan fingerprint density at radius 3 is 2.56 bits per heavy atom. The highest BCUT2D eigenvalue weighted by Crippen LogP contribution is 2.13.